The number of para-hydroxylation sites is 2. The highest BCUT2D eigenvalue weighted by atomic mass is 32.1. The Morgan fingerprint density at radius 1 is 0.377 bits per heavy atom. The Labute approximate surface area is 315 Å². The number of fused-ring (bicyclic) bond motifs is 6. The summed E-state index contributed by atoms with van der Waals surface area (Å²) in [5.74, 6) is 0. The van der Waals surface area contributed by atoms with E-state index >= 15 is 0 Å². The number of anilines is 3. The molecule has 0 saturated carbocycles. The molecule has 1 nitrogen and oxygen atoms in total. The fourth-order valence-corrected chi connectivity index (χ4v) is 9.72. The average Bonchev–Trinajstić information content (AvgIpc) is 3.71. The average molecular weight is 696 g/mol. The van der Waals surface area contributed by atoms with Crippen LogP contribution in [0.4, 0.5) is 17.1 Å². The molecule has 2 heteroatoms. The van der Waals surface area contributed by atoms with Crippen molar-refractivity contribution < 1.29 is 0 Å². The largest absolute Gasteiger partial charge is 0.309 e. The van der Waals surface area contributed by atoms with E-state index in [1.54, 1.807) is 0 Å². The molecule has 53 heavy (non-hydrogen) atoms. The molecule has 0 bridgehead atoms. The molecule has 9 aromatic rings. The van der Waals surface area contributed by atoms with Crippen molar-refractivity contribution in [2.45, 2.75) is 19.3 Å². The third-order valence-electron chi connectivity index (χ3n) is 11.1. The van der Waals surface area contributed by atoms with E-state index in [4.69, 9.17) is 0 Å². The lowest BCUT2D eigenvalue weighted by molar-refractivity contribution is 0.660. The van der Waals surface area contributed by atoms with Gasteiger partial charge in [-0.25, -0.2) is 0 Å². The van der Waals surface area contributed by atoms with Crippen molar-refractivity contribution in [3.63, 3.8) is 0 Å². The molecule has 10 rings (SSSR count). The molecule has 0 saturated heterocycles. The van der Waals surface area contributed by atoms with Gasteiger partial charge in [0.25, 0.3) is 0 Å². The molecule has 0 unspecified atom stereocenters. The summed E-state index contributed by atoms with van der Waals surface area (Å²) in [7, 11) is 0. The summed E-state index contributed by atoms with van der Waals surface area (Å²) in [6, 6.07) is 69.1. The van der Waals surface area contributed by atoms with Crippen LogP contribution in [0.5, 0.6) is 0 Å². The summed E-state index contributed by atoms with van der Waals surface area (Å²) < 4.78 is 2.58. The Kier molecular flexibility index (Phi) is 7.42. The first-order chi connectivity index (χ1) is 26.1. The molecule has 1 aromatic heterocycles. The third-order valence-corrected chi connectivity index (χ3v) is 12.2. The first kappa shape index (κ1) is 31.5. The fourth-order valence-electron chi connectivity index (χ4n) is 8.59. The third kappa shape index (κ3) is 5.05. The highest BCUT2D eigenvalue weighted by Crippen LogP contribution is 2.55. The number of benzene rings is 8. The van der Waals surface area contributed by atoms with Crippen molar-refractivity contribution in [1.82, 2.24) is 0 Å². The molecular formula is C51H37NS. The lowest BCUT2D eigenvalue weighted by Gasteiger charge is -2.31. The van der Waals surface area contributed by atoms with Gasteiger partial charge in [0.05, 0.1) is 17.1 Å². The van der Waals surface area contributed by atoms with Crippen LogP contribution in [0.3, 0.4) is 0 Å². The first-order valence-corrected chi connectivity index (χ1v) is 19.2. The van der Waals surface area contributed by atoms with E-state index in [1.165, 1.54) is 81.5 Å². The first-order valence-electron chi connectivity index (χ1n) is 18.4. The summed E-state index contributed by atoms with van der Waals surface area (Å²) in [6.07, 6.45) is 0. The minimum absolute atomic E-state index is 0.0870. The second kappa shape index (κ2) is 12.5. The smallest absolute Gasteiger partial charge is 0.0555 e. The molecule has 252 valence electrons. The molecule has 1 heterocycles. The van der Waals surface area contributed by atoms with Gasteiger partial charge in [-0.1, -0.05) is 172 Å². The van der Waals surface area contributed by atoms with E-state index in [-0.39, 0.29) is 5.41 Å². The van der Waals surface area contributed by atoms with Gasteiger partial charge in [0.15, 0.2) is 0 Å². The van der Waals surface area contributed by atoms with Gasteiger partial charge in [0.1, 0.15) is 0 Å². The molecular weight excluding hydrogens is 659 g/mol. The maximum atomic E-state index is 2.53. The molecule has 0 aliphatic heterocycles. The van der Waals surface area contributed by atoms with Gasteiger partial charge in [0.2, 0.25) is 0 Å². The van der Waals surface area contributed by atoms with E-state index in [9.17, 15) is 0 Å². The SMILES string of the molecule is CC1(C)c2ccccc2-c2c(-c3ccccc3N(c3ccccc3-c3ccc(-c4ccccc4)cc3)c3cccc4sc5ccccc5c34)cccc21. The number of hydrogen-bond acceptors (Lipinski definition) is 2. The molecule has 1 aliphatic carbocycles. The number of nitrogens with zero attached hydrogens (tertiary/aromatic N) is 1. The Balaban J connectivity index is 1.24. The van der Waals surface area contributed by atoms with Gasteiger partial charge in [-0.2, -0.15) is 0 Å². The summed E-state index contributed by atoms with van der Waals surface area (Å²) in [6.45, 7) is 4.72. The van der Waals surface area contributed by atoms with Crippen LogP contribution in [-0.4, -0.2) is 0 Å². The lowest BCUT2D eigenvalue weighted by Crippen LogP contribution is -2.15. The Bertz CT molecular complexity index is 2810. The van der Waals surface area contributed by atoms with E-state index in [0.29, 0.717) is 0 Å². The van der Waals surface area contributed by atoms with Crippen molar-refractivity contribution >= 4 is 48.6 Å². The van der Waals surface area contributed by atoms with E-state index in [2.05, 4.69) is 207 Å². The summed E-state index contributed by atoms with van der Waals surface area (Å²) in [5, 5.41) is 2.56. The van der Waals surface area contributed by atoms with Crippen molar-refractivity contribution in [3.8, 4) is 44.5 Å². The number of thiophene rings is 1. The predicted octanol–water partition coefficient (Wildman–Crippen LogP) is 14.8. The zero-order valence-corrected chi connectivity index (χ0v) is 30.6. The summed E-state index contributed by atoms with van der Waals surface area (Å²) >= 11 is 1.87. The second-order valence-corrected chi connectivity index (χ2v) is 15.5. The molecule has 0 atom stereocenters. The predicted molar refractivity (Wildman–Crippen MR) is 228 cm³/mol. The number of rotatable bonds is 6. The van der Waals surface area contributed by atoms with E-state index < -0.39 is 0 Å². The van der Waals surface area contributed by atoms with Gasteiger partial charge < -0.3 is 4.90 Å². The normalized spacial score (nSPS) is 12.9. The summed E-state index contributed by atoms with van der Waals surface area (Å²) in [4.78, 5) is 2.53. The quantitative estimate of drug-likeness (QED) is 0.167. The van der Waals surface area contributed by atoms with Gasteiger partial charge in [-0.05, 0) is 74.8 Å². The van der Waals surface area contributed by atoms with Crippen LogP contribution in [0.15, 0.2) is 188 Å². The molecule has 1 aliphatic rings. The highest BCUT2D eigenvalue weighted by molar-refractivity contribution is 7.26. The van der Waals surface area contributed by atoms with E-state index in [1.807, 2.05) is 11.3 Å². The van der Waals surface area contributed by atoms with Crippen molar-refractivity contribution in [2.75, 3.05) is 4.90 Å². The van der Waals surface area contributed by atoms with Gasteiger partial charge in [-0.3, -0.25) is 0 Å². The topological polar surface area (TPSA) is 3.24 Å². The van der Waals surface area contributed by atoms with E-state index in [0.717, 1.165) is 11.4 Å². The highest BCUT2D eigenvalue weighted by Gasteiger charge is 2.37. The molecule has 0 fully saturated rings. The maximum absolute atomic E-state index is 2.53. The molecule has 0 spiro atoms. The molecule has 8 aromatic carbocycles. The summed E-state index contributed by atoms with van der Waals surface area (Å²) in [5.41, 5.74) is 16.1. The van der Waals surface area contributed by atoms with Crippen LogP contribution in [0.1, 0.15) is 25.0 Å². The van der Waals surface area contributed by atoms with Crippen LogP contribution < -0.4 is 4.90 Å². The monoisotopic (exact) mass is 695 g/mol. The molecule has 0 radical (unpaired) electrons. The van der Waals surface area contributed by atoms with Crippen LogP contribution in [0, 0.1) is 0 Å². The Morgan fingerprint density at radius 2 is 0.906 bits per heavy atom. The van der Waals surface area contributed by atoms with Crippen LogP contribution in [0.25, 0.3) is 64.7 Å². The van der Waals surface area contributed by atoms with Crippen molar-refractivity contribution in [3.05, 3.63) is 199 Å². The minimum Gasteiger partial charge on any atom is -0.309 e. The molecule has 0 N–H and O–H groups in total. The van der Waals surface area contributed by atoms with Crippen LogP contribution in [-0.2, 0) is 5.41 Å². The second-order valence-electron chi connectivity index (χ2n) is 14.5. The Morgan fingerprint density at radius 3 is 1.72 bits per heavy atom. The van der Waals surface area contributed by atoms with Crippen LogP contribution >= 0.6 is 11.3 Å². The maximum Gasteiger partial charge on any atom is 0.0555 e. The zero-order valence-electron chi connectivity index (χ0n) is 29.8. The van der Waals surface area contributed by atoms with Gasteiger partial charge in [0, 0.05) is 36.7 Å². The van der Waals surface area contributed by atoms with Crippen LogP contribution in [0.2, 0.25) is 0 Å². The minimum atomic E-state index is -0.0870. The van der Waals surface area contributed by atoms with Crippen molar-refractivity contribution in [1.29, 1.82) is 0 Å². The van der Waals surface area contributed by atoms with Crippen molar-refractivity contribution in [2.24, 2.45) is 0 Å². The standard InChI is InChI=1S/C51H37NS/c1-51(2)42-23-10-6-20-40(42)49-39(22-14-24-43(49)51)38-19-8-12-26-45(38)52(46-27-15-29-48-50(46)41-21-9-13-28-47(41)53-48)44-25-11-7-18-37(44)36-32-30-35(31-33-36)34-16-4-3-5-17-34/h3-33H,1-2H3. The lowest BCUT2D eigenvalue weighted by atomic mass is 9.82. The zero-order chi connectivity index (χ0) is 35.5. The number of hydrogen-bond donors (Lipinski definition) is 0. The molecule has 0 amide bonds. The van der Waals surface area contributed by atoms with Gasteiger partial charge in [-0.15, -0.1) is 11.3 Å². The van der Waals surface area contributed by atoms with Gasteiger partial charge >= 0.3 is 0 Å². The fraction of sp³-hybridized carbons (Fsp3) is 0.0588. The Hall–Kier alpha value is -6.22.